The maximum Gasteiger partial charge on any atom is 0.109 e. The van der Waals surface area contributed by atoms with Crippen molar-refractivity contribution in [1.29, 1.82) is 0 Å². The van der Waals surface area contributed by atoms with Gasteiger partial charge in [-0.2, -0.15) is 0 Å². The highest BCUT2D eigenvalue weighted by Gasteiger charge is 2.19. The lowest BCUT2D eigenvalue weighted by Gasteiger charge is -2.26. The zero-order chi connectivity index (χ0) is 13.5. The van der Waals surface area contributed by atoms with E-state index in [4.69, 9.17) is 0 Å². The molecule has 0 aliphatic rings. The first kappa shape index (κ1) is 15.6. The summed E-state index contributed by atoms with van der Waals surface area (Å²) in [6.45, 7) is 11.5. The van der Waals surface area contributed by atoms with Crippen molar-refractivity contribution in [3.05, 3.63) is 16.6 Å². The summed E-state index contributed by atoms with van der Waals surface area (Å²) >= 11 is 1.76. The van der Waals surface area contributed by atoms with Crippen molar-refractivity contribution in [2.45, 2.75) is 66.0 Å². The van der Waals surface area contributed by atoms with E-state index in [1.165, 1.54) is 17.8 Å². The molecule has 0 bridgehead atoms. The normalized spacial score (nSPS) is 13.8. The van der Waals surface area contributed by atoms with Crippen molar-refractivity contribution in [3.8, 4) is 0 Å². The highest BCUT2D eigenvalue weighted by molar-refractivity contribution is 7.09. The standard InChI is InChI=1S/C15H28N2S/c1-6-14(15-16-7-8-18-15)17-13(9-11(2)3)10-12(4)5/h7-8,11-14,17H,6,9-10H2,1-5H3. The molecule has 0 aromatic carbocycles. The Morgan fingerprint density at radius 2 is 1.78 bits per heavy atom. The van der Waals surface area contributed by atoms with Gasteiger partial charge in [0, 0.05) is 17.6 Å². The maximum absolute atomic E-state index is 4.45. The summed E-state index contributed by atoms with van der Waals surface area (Å²) in [5.74, 6) is 1.49. The molecule has 3 heteroatoms. The second-order valence-corrected chi connectivity index (χ2v) is 6.88. The van der Waals surface area contributed by atoms with E-state index in [-0.39, 0.29) is 0 Å². The minimum atomic E-state index is 0.424. The molecule has 1 heterocycles. The number of hydrogen-bond donors (Lipinski definition) is 1. The number of nitrogens with one attached hydrogen (secondary N) is 1. The Balaban J connectivity index is 2.62. The Labute approximate surface area is 116 Å². The summed E-state index contributed by atoms with van der Waals surface area (Å²) in [4.78, 5) is 4.45. The number of aromatic nitrogens is 1. The molecule has 0 fully saturated rings. The molecule has 0 spiro atoms. The van der Waals surface area contributed by atoms with Crippen LogP contribution in [0.4, 0.5) is 0 Å². The monoisotopic (exact) mass is 268 g/mol. The minimum Gasteiger partial charge on any atom is -0.305 e. The number of nitrogens with zero attached hydrogens (tertiary/aromatic N) is 1. The van der Waals surface area contributed by atoms with Crippen LogP contribution < -0.4 is 5.32 Å². The van der Waals surface area contributed by atoms with Crippen LogP contribution in [0.5, 0.6) is 0 Å². The van der Waals surface area contributed by atoms with Crippen LogP contribution in [0.3, 0.4) is 0 Å². The molecule has 0 aliphatic carbocycles. The van der Waals surface area contributed by atoms with Crippen LogP contribution in [0.1, 0.15) is 64.9 Å². The van der Waals surface area contributed by atoms with Gasteiger partial charge in [0.25, 0.3) is 0 Å². The van der Waals surface area contributed by atoms with E-state index in [0.717, 1.165) is 18.3 Å². The van der Waals surface area contributed by atoms with E-state index in [1.54, 1.807) is 11.3 Å². The summed E-state index contributed by atoms with van der Waals surface area (Å²) in [5.41, 5.74) is 0. The summed E-state index contributed by atoms with van der Waals surface area (Å²) in [6, 6.07) is 1.03. The molecule has 1 rings (SSSR count). The van der Waals surface area contributed by atoms with Crippen LogP contribution in [0, 0.1) is 11.8 Å². The molecule has 0 saturated heterocycles. The van der Waals surface area contributed by atoms with Crippen molar-refractivity contribution in [2.24, 2.45) is 11.8 Å². The van der Waals surface area contributed by atoms with Crippen LogP contribution in [0.25, 0.3) is 0 Å². The summed E-state index contributed by atoms with van der Waals surface area (Å²) < 4.78 is 0. The number of hydrogen-bond acceptors (Lipinski definition) is 3. The largest absolute Gasteiger partial charge is 0.305 e. The van der Waals surface area contributed by atoms with Gasteiger partial charge in [-0.1, -0.05) is 34.6 Å². The molecule has 0 aliphatic heterocycles. The minimum absolute atomic E-state index is 0.424. The first-order valence-corrected chi connectivity index (χ1v) is 8.06. The Kier molecular flexibility index (Phi) is 6.87. The summed E-state index contributed by atoms with van der Waals surface area (Å²) in [6.07, 6.45) is 5.52. The van der Waals surface area contributed by atoms with Gasteiger partial charge in [-0.15, -0.1) is 11.3 Å². The van der Waals surface area contributed by atoms with Gasteiger partial charge in [0.1, 0.15) is 5.01 Å². The lowest BCUT2D eigenvalue weighted by molar-refractivity contribution is 0.323. The smallest absolute Gasteiger partial charge is 0.109 e. The Morgan fingerprint density at radius 3 is 2.17 bits per heavy atom. The third-order valence-electron chi connectivity index (χ3n) is 3.11. The lowest BCUT2D eigenvalue weighted by Crippen LogP contribution is -2.34. The van der Waals surface area contributed by atoms with Crippen LogP contribution >= 0.6 is 11.3 Å². The van der Waals surface area contributed by atoms with Crippen molar-refractivity contribution < 1.29 is 0 Å². The van der Waals surface area contributed by atoms with Crippen molar-refractivity contribution in [1.82, 2.24) is 10.3 Å². The van der Waals surface area contributed by atoms with Crippen molar-refractivity contribution >= 4 is 11.3 Å². The fourth-order valence-corrected chi connectivity index (χ4v) is 3.21. The predicted octanol–water partition coefficient (Wildman–Crippen LogP) is 4.64. The third-order valence-corrected chi connectivity index (χ3v) is 4.00. The highest BCUT2D eigenvalue weighted by atomic mass is 32.1. The molecule has 0 amide bonds. The molecule has 1 atom stereocenters. The molecule has 0 saturated carbocycles. The van der Waals surface area contributed by atoms with Gasteiger partial charge in [0.15, 0.2) is 0 Å². The van der Waals surface area contributed by atoms with Crippen LogP contribution in [0.2, 0.25) is 0 Å². The average Bonchev–Trinajstić information content (AvgIpc) is 2.77. The van der Waals surface area contributed by atoms with Crippen LogP contribution in [-0.2, 0) is 0 Å². The molecular formula is C15H28N2S. The van der Waals surface area contributed by atoms with Crippen LogP contribution in [-0.4, -0.2) is 11.0 Å². The molecule has 1 N–H and O–H groups in total. The van der Waals surface area contributed by atoms with E-state index in [2.05, 4.69) is 50.3 Å². The predicted molar refractivity (Wildman–Crippen MR) is 81.0 cm³/mol. The van der Waals surface area contributed by atoms with Crippen molar-refractivity contribution in [3.63, 3.8) is 0 Å². The van der Waals surface area contributed by atoms with Gasteiger partial charge in [-0.05, 0) is 31.1 Å². The van der Waals surface area contributed by atoms with Gasteiger partial charge >= 0.3 is 0 Å². The summed E-state index contributed by atoms with van der Waals surface area (Å²) in [7, 11) is 0. The lowest BCUT2D eigenvalue weighted by atomic mass is 9.95. The second-order valence-electron chi connectivity index (χ2n) is 5.95. The van der Waals surface area contributed by atoms with E-state index >= 15 is 0 Å². The fraction of sp³-hybridized carbons (Fsp3) is 0.800. The molecule has 1 aromatic heterocycles. The molecule has 104 valence electrons. The average molecular weight is 268 g/mol. The highest BCUT2D eigenvalue weighted by Crippen LogP contribution is 2.23. The fourth-order valence-electron chi connectivity index (χ4n) is 2.43. The molecular weight excluding hydrogens is 240 g/mol. The quantitative estimate of drug-likeness (QED) is 0.742. The van der Waals surface area contributed by atoms with Gasteiger partial charge < -0.3 is 5.32 Å². The Hall–Kier alpha value is -0.410. The van der Waals surface area contributed by atoms with Crippen molar-refractivity contribution in [2.75, 3.05) is 0 Å². The molecule has 0 radical (unpaired) electrons. The molecule has 1 aromatic rings. The molecule has 1 unspecified atom stereocenters. The number of thiazole rings is 1. The van der Waals surface area contributed by atoms with Gasteiger partial charge in [-0.25, -0.2) is 4.98 Å². The van der Waals surface area contributed by atoms with E-state index in [0.29, 0.717) is 12.1 Å². The summed E-state index contributed by atoms with van der Waals surface area (Å²) in [5, 5.41) is 7.12. The maximum atomic E-state index is 4.45. The van der Waals surface area contributed by atoms with E-state index < -0.39 is 0 Å². The van der Waals surface area contributed by atoms with E-state index in [9.17, 15) is 0 Å². The first-order valence-electron chi connectivity index (χ1n) is 7.18. The first-order chi connectivity index (χ1) is 8.52. The topological polar surface area (TPSA) is 24.9 Å². The Bertz CT molecular complexity index is 296. The van der Waals surface area contributed by atoms with E-state index in [1.807, 2.05) is 6.20 Å². The number of rotatable bonds is 8. The van der Waals surface area contributed by atoms with Gasteiger partial charge in [0.05, 0.1) is 6.04 Å². The van der Waals surface area contributed by atoms with Crippen LogP contribution in [0.15, 0.2) is 11.6 Å². The SMILES string of the molecule is CCC(NC(CC(C)C)CC(C)C)c1nccs1. The second kappa shape index (κ2) is 7.90. The zero-order valence-electron chi connectivity index (χ0n) is 12.4. The molecule has 2 nitrogen and oxygen atoms in total. The van der Waals surface area contributed by atoms with Gasteiger partial charge in [0.2, 0.25) is 0 Å². The zero-order valence-corrected chi connectivity index (χ0v) is 13.3. The third kappa shape index (κ3) is 5.49. The Morgan fingerprint density at radius 1 is 1.17 bits per heavy atom. The van der Waals surface area contributed by atoms with Gasteiger partial charge in [-0.3, -0.25) is 0 Å². The molecule has 18 heavy (non-hydrogen) atoms.